The lowest BCUT2D eigenvalue weighted by molar-refractivity contribution is 0.270. The van der Waals surface area contributed by atoms with Gasteiger partial charge in [0.25, 0.3) is 0 Å². The number of nitriles is 1. The van der Waals surface area contributed by atoms with E-state index >= 15 is 0 Å². The zero-order chi connectivity index (χ0) is 8.86. The fourth-order valence-electron chi connectivity index (χ4n) is 1.71. The van der Waals surface area contributed by atoms with Gasteiger partial charge in [-0.25, -0.2) is 0 Å². The van der Waals surface area contributed by atoms with Crippen molar-refractivity contribution in [3.8, 4) is 6.07 Å². The van der Waals surface area contributed by atoms with E-state index < -0.39 is 0 Å². The molecule has 1 atom stereocenters. The summed E-state index contributed by atoms with van der Waals surface area (Å²) in [6.07, 6.45) is 5.98. The van der Waals surface area contributed by atoms with Crippen LogP contribution in [0.2, 0.25) is 0 Å². The number of rotatable bonds is 3. The highest BCUT2D eigenvalue weighted by Gasteiger charge is 2.30. The first-order chi connectivity index (χ1) is 5.83. The average Bonchev–Trinajstić information content (AvgIpc) is 2.16. The summed E-state index contributed by atoms with van der Waals surface area (Å²) in [5.41, 5.74) is -0.105. The van der Waals surface area contributed by atoms with E-state index in [-0.39, 0.29) is 17.8 Å². The van der Waals surface area contributed by atoms with Gasteiger partial charge in [-0.15, -0.1) is 19.0 Å². The molecule has 1 aliphatic rings. The van der Waals surface area contributed by atoms with Gasteiger partial charge in [0.1, 0.15) is 0 Å². The van der Waals surface area contributed by atoms with Gasteiger partial charge in [0, 0.05) is 6.54 Å². The summed E-state index contributed by atoms with van der Waals surface area (Å²) in [5.74, 6) is 0. The van der Waals surface area contributed by atoms with Gasteiger partial charge in [-0.3, -0.25) is 0 Å². The molecule has 0 saturated carbocycles. The topological polar surface area (TPSA) is 35.8 Å². The van der Waals surface area contributed by atoms with E-state index in [4.69, 9.17) is 5.26 Å². The Kier molecular flexibility index (Phi) is 5.77. The molecule has 1 unspecified atom stereocenters. The molecule has 0 amide bonds. The molecular formula is C10H17ClN2. The molecular weight excluding hydrogens is 184 g/mol. The van der Waals surface area contributed by atoms with E-state index in [9.17, 15) is 0 Å². The smallest absolute Gasteiger partial charge is 0.0703 e. The van der Waals surface area contributed by atoms with Crippen molar-refractivity contribution in [2.45, 2.75) is 25.7 Å². The van der Waals surface area contributed by atoms with Crippen LogP contribution in [0.4, 0.5) is 0 Å². The highest BCUT2D eigenvalue weighted by molar-refractivity contribution is 5.85. The van der Waals surface area contributed by atoms with Crippen molar-refractivity contribution in [1.29, 1.82) is 5.26 Å². The second kappa shape index (κ2) is 6.01. The maximum atomic E-state index is 9.04. The fraction of sp³-hybridized carbons (Fsp3) is 0.700. The van der Waals surface area contributed by atoms with Crippen LogP contribution in [-0.4, -0.2) is 13.1 Å². The number of halogens is 1. The molecule has 1 N–H and O–H groups in total. The molecule has 1 heterocycles. The van der Waals surface area contributed by atoms with Crippen LogP contribution in [0.15, 0.2) is 12.7 Å². The largest absolute Gasteiger partial charge is 0.315 e. The first-order valence-corrected chi connectivity index (χ1v) is 4.56. The molecule has 0 spiro atoms. The highest BCUT2D eigenvalue weighted by atomic mass is 35.5. The summed E-state index contributed by atoms with van der Waals surface area (Å²) in [6.45, 7) is 5.61. The van der Waals surface area contributed by atoms with Crippen molar-refractivity contribution in [1.82, 2.24) is 5.32 Å². The zero-order valence-electron chi connectivity index (χ0n) is 7.88. The summed E-state index contributed by atoms with van der Waals surface area (Å²) in [4.78, 5) is 0. The minimum absolute atomic E-state index is 0. The molecule has 3 heteroatoms. The minimum Gasteiger partial charge on any atom is -0.315 e. The van der Waals surface area contributed by atoms with Gasteiger partial charge < -0.3 is 5.32 Å². The van der Waals surface area contributed by atoms with Gasteiger partial charge >= 0.3 is 0 Å². The maximum Gasteiger partial charge on any atom is 0.0703 e. The monoisotopic (exact) mass is 200 g/mol. The van der Waals surface area contributed by atoms with Gasteiger partial charge in [-0.2, -0.15) is 5.26 Å². The fourth-order valence-corrected chi connectivity index (χ4v) is 1.71. The van der Waals surface area contributed by atoms with Gasteiger partial charge in [-0.05, 0) is 32.2 Å². The van der Waals surface area contributed by atoms with Crippen molar-refractivity contribution in [3.05, 3.63) is 12.7 Å². The van der Waals surface area contributed by atoms with Gasteiger partial charge in [0.2, 0.25) is 0 Å². The zero-order valence-corrected chi connectivity index (χ0v) is 8.70. The minimum atomic E-state index is -0.105. The van der Waals surface area contributed by atoms with Gasteiger partial charge in [-0.1, -0.05) is 6.08 Å². The Morgan fingerprint density at radius 2 is 2.38 bits per heavy atom. The summed E-state index contributed by atoms with van der Waals surface area (Å²) in [6, 6.07) is 2.44. The Morgan fingerprint density at radius 3 is 2.85 bits per heavy atom. The predicted octanol–water partition coefficient (Wildman–Crippen LogP) is 2.27. The first-order valence-electron chi connectivity index (χ1n) is 4.56. The average molecular weight is 201 g/mol. The van der Waals surface area contributed by atoms with Crippen LogP contribution in [0.5, 0.6) is 0 Å². The number of hydrogen-bond acceptors (Lipinski definition) is 2. The van der Waals surface area contributed by atoms with E-state index in [1.165, 1.54) is 0 Å². The number of hydrogen-bond donors (Lipinski definition) is 1. The summed E-state index contributed by atoms with van der Waals surface area (Å²) in [7, 11) is 0. The van der Waals surface area contributed by atoms with E-state index in [0.29, 0.717) is 0 Å². The molecule has 2 nitrogen and oxygen atoms in total. The molecule has 1 saturated heterocycles. The van der Waals surface area contributed by atoms with Crippen LogP contribution in [-0.2, 0) is 0 Å². The molecule has 13 heavy (non-hydrogen) atoms. The lowest BCUT2D eigenvalue weighted by Gasteiger charge is -2.30. The van der Waals surface area contributed by atoms with E-state index in [0.717, 1.165) is 38.8 Å². The lowest BCUT2D eigenvalue weighted by atomic mass is 9.78. The van der Waals surface area contributed by atoms with Crippen molar-refractivity contribution in [2.24, 2.45) is 5.41 Å². The number of allylic oxidation sites excluding steroid dienone is 1. The van der Waals surface area contributed by atoms with Crippen molar-refractivity contribution in [3.63, 3.8) is 0 Å². The van der Waals surface area contributed by atoms with Crippen LogP contribution in [0.25, 0.3) is 0 Å². The molecule has 1 fully saturated rings. The van der Waals surface area contributed by atoms with Crippen molar-refractivity contribution >= 4 is 12.4 Å². The predicted molar refractivity (Wildman–Crippen MR) is 56.8 cm³/mol. The molecule has 0 aliphatic carbocycles. The maximum absolute atomic E-state index is 9.04. The standard InChI is InChI=1S/C10H16N2.ClH/c1-2-3-5-10(8-11)6-4-7-12-9-10;/h2,12H,1,3-7,9H2;1H. The van der Waals surface area contributed by atoms with Crippen LogP contribution in [0.3, 0.4) is 0 Å². The third kappa shape index (κ3) is 3.38. The van der Waals surface area contributed by atoms with Gasteiger partial charge in [0.05, 0.1) is 11.5 Å². The summed E-state index contributed by atoms with van der Waals surface area (Å²) in [5, 5.41) is 12.3. The molecule has 1 aliphatic heterocycles. The van der Waals surface area contributed by atoms with Crippen LogP contribution >= 0.6 is 12.4 Å². The third-order valence-electron chi connectivity index (χ3n) is 2.54. The summed E-state index contributed by atoms with van der Waals surface area (Å²) >= 11 is 0. The van der Waals surface area contributed by atoms with Crippen LogP contribution in [0, 0.1) is 16.7 Å². The van der Waals surface area contributed by atoms with Crippen molar-refractivity contribution < 1.29 is 0 Å². The van der Waals surface area contributed by atoms with Gasteiger partial charge in [0.15, 0.2) is 0 Å². The van der Waals surface area contributed by atoms with E-state index in [1.54, 1.807) is 0 Å². The molecule has 0 radical (unpaired) electrons. The SMILES string of the molecule is C=CCCC1(C#N)CCCNC1.Cl. The Balaban J connectivity index is 0.00000144. The molecule has 1 rings (SSSR count). The number of nitrogens with one attached hydrogen (secondary N) is 1. The molecule has 0 bridgehead atoms. The van der Waals surface area contributed by atoms with Crippen LogP contribution < -0.4 is 5.32 Å². The quantitative estimate of drug-likeness (QED) is 0.710. The Bertz CT molecular complexity index is 190. The summed E-state index contributed by atoms with van der Waals surface area (Å²) < 4.78 is 0. The van der Waals surface area contributed by atoms with E-state index in [2.05, 4.69) is 18.0 Å². The normalized spacial score (nSPS) is 27.0. The molecule has 0 aromatic rings. The van der Waals surface area contributed by atoms with Crippen LogP contribution in [0.1, 0.15) is 25.7 Å². The Morgan fingerprint density at radius 1 is 1.62 bits per heavy atom. The van der Waals surface area contributed by atoms with E-state index in [1.807, 2.05) is 6.08 Å². The molecule has 0 aromatic carbocycles. The number of piperidine rings is 1. The second-order valence-corrected chi connectivity index (χ2v) is 3.50. The first kappa shape index (κ1) is 12.5. The number of nitrogens with zero attached hydrogens (tertiary/aromatic N) is 1. The lowest BCUT2D eigenvalue weighted by Crippen LogP contribution is -2.38. The van der Waals surface area contributed by atoms with Crippen molar-refractivity contribution in [2.75, 3.05) is 13.1 Å². The Hall–Kier alpha value is -0.520. The second-order valence-electron chi connectivity index (χ2n) is 3.50. The highest BCUT2D eigenvalue weighted by Crippen LogP contribution is 2.30. The third-order valence-corrected chi connectivity index (χ3v) is 2.54. The molecule has 74 valence electrons. The molecule has 0 aromatic heterocycles. The Labute approximate surface area is 86.4 Å².